The van der Waals surface area contributed by atoms with Gasteiger partial charge in [0.15, 0.2) is 11.5 Å². The molecule has 0 bridgehead atoms. The highest BCUT2D eigenvalue weighted by molar-refractivity contribution is 5.91. The van der Waals surface area contributed by atoms with Crippen molar-refractivity contribution >= 4 is 12.0 Å². The van der Waals surface area contributed by atoms with Gasteiger partial charge in [0.25, 0.3) is 0 Å². The second kappa shape index (κ2) is 8.77. The van der Waals surface area contributed by atoms with Crippen LogP contribution in [0.3, 0.4) is 0 Å². The maximum absolute atomic E-state index is 12.8. The first-order valence-electron chi connectivity index (χ1n) is 7.31. The van der Waals surface area contributed by atoms with Crippen LogP contribution in [0.2, 0.25) is 0 Å². The van der Waals surface area contributed by atoms with E-state index >= 15 is 0 Å². The Balaban J connectivity index is 1.95. The van der Waals surface area contributed by atoms with E-state index in [1.54, 1.807) is 12.1 Å². The fourth-order valence-corrected chi connectivity index (χ4v) is 2.00. The van der Waals surface area contributed by atoms with E-state index in [1.165, 1.54) is 49.6 Å². The smallest absolute Gasteiger partial charge is 0.387 e. The molecule has 4 nitrogen and oxygen atoms in total. The largest absolute Gasteiger partial charge is 0.493 e. The molecule has 0 fully saturated rings. The average Bonchev–Trinajstić information content (AvgIpc) is 2.60. The van der Waals surface area contributed by atoms with Gasteiger partial charge in [0.05, 0.1) is 7.11 Å². The number of hydrogen-bond donors (Lipinski definition) is 1. The fraction of sp³-hybridized carbons (Fsp3) is 0.167. The van der Waals surface area contributed by atoms with Gasteiger partial charge in [0.2, 0.25) is 5.91 Å². The number of benzene rings is 2. The van der Waals surface area contributed by atoms with Gasteiger partial charge in [-0.1, -0.05) is 18.2 Å². The molecule has 0 saturated heterocycles. The van der Waals surface area contributed by atoms with Gasteiger partial charge in [-0.15, -0.1) is 0 Å². The van der Waals surface area contributed by atoms with Crippen LogP contribution < -0.4 is 14.8 Å². The highest BCUT2D eigenvalue weighted by atomic mass is 19.3. The molecule has 1 N–H and O–H groups in total. The Morgan fingerprint density at radius 2 is 1.88 bits per heavy atom. The molecule has 132 valence electrons. The van der Waals surface area contributed by atoms with E-state index in [4.69, 9.17) is 4.74 Å². The molecular formula is C18H16F3NO3. The number of carbonyl (C=O) groups is 1. The van der Waals surface area contributed by atoms with Crippen molar-refractivity contribution in [2.75, 3.05) is 7.11 Å². The van der Waals surface area contributed by atoms with E-state index in [-0.39, 0.29) is 29.8 Å². The molecule has 0 radical (unpaired) electrons. The maximum Gasteiger partial charge on any atom is 0.387 e. The molecule has 0 aliphatic heterocycles. The topological polar surface area (TPSA) is 47.6 Å². The van der Waals surface area contributed by atoms with Crippen LogP contribution in [-0.4, -0.2) is 19.6 Å². The van der Waals surface area contributed by atoms with E-state index in [0.29, 0.717) is 5.56 Å². The van der Waals surface area contributed by atoms with Crippen molar-refractivity contribution in [1.82, 2.24) is 5.32 Å². The summed E-state index contributed by atoms with van der Waals surface area (Å²) in [6, 6.07) is 10.1. The Labute approximate surface area is 142 Å². The zero-order chi connectivity index (χ0) is 18.2. The van der Waals surface area contributed by atoms with Crippen molar-refractivity contribution in [2.24, 2.45) is 0 Å². The third-order valence-electron chi connectivity index (χ3n) is 3.21. The van der Waals surface area contributed by atoms with Gasteiger partial charge in [-0.3, -0.25) is 4.79 Å². The Kier molecular flexibility index (Phi) is 6.45. The highest BCUT2D eigenvalue weighted by Crippen LogP contribution is 2.29. The first kappa shape index (κ1) is 18.4. The number of hydrogen-bond acceptors (Lipinski definition) is 3. The van der Waals surface area contributed by atoms with Crippen LogP contribution in [0, 0.1) is 5.82 Å². The van der Waals surface area contributed by atoms with Crippen molar-refractivity contribution in [3.05, 3.63) is 65.5 Å². The monoisotopic (exact) mass is 351 g/mol. The van der Waals surface area contributed by atoms with Crippen molar-refractivity contribution in [3.63, 3.8) is 0 Å². The number of halogens is 3. The number of nitrogens with one attached hydrogen (secondary N) is 1. The van der Waals surface area contributed by atoms with Gasteiger partial charge in [-0.25, -0.2) is 4.39 Å². The van der Waals surface area contributed by atoms with Crippen LogP contribution in [0.1, 0.15) is 11.1 Å². The van der Waals surface area contributed by atoms with Gasteiger partial charge >= 0.3 is 6.61 Å². The Bertz CT molecular complexity index is 746. The lowest BCUT2D eigenvalue weighted by molar-refractivity contribution is -0.116. The molecule has 0 unspecified atom stereocenters. The summed E-state index contributed by atoms with van der Waals surface area (Å²) in [5, 5.41) is 2.65. The molecule has 0 saturated carbocycles. The van der Waals surface area contributed by atoms with E-state index in [0.717, 1.165) is 5.56 Å². The standard InChI is InChI=1S/C18H16F3NO3/c1-24-16-10-12(4-8-15(16)25-18(20)21)5-9-17(23)22-11-13-2-6-14(19)7-3-13/h2-10,18H,11H2,1H3,(H,22,23)/b9-5+. The summed E-state index contributed by atoms with van der Waals surface area (Å²) in [6.07, 6.45) is 2.81. The third kappa shape index (κ3) is 5.87. The minimum absolute atomic E-state index is 0.0876. The summed E-state index contributed by atoms with van der Waals surface area (Å²) >= 11 is 0. The van der Waals surface area contributed by atoms with E-state index in [9.17, 15) is 18.0 Å². The number of carbonyl (C=O) groups excluding carboxylic acids is 1. The number of methoxy groups -OCH3 is 1. The Morgan fingerprint density at radius 1 is 1.16 bits per heavy atom. The second-order valence-corrected chi connectivity index (χ2v) is 4.97. The first-order chi connectivity index (χ1) is 12.0. The molecule has 0 atom stereocenters. The summed E-state index contributed by atoms with van der Waals surface area (Å²) < 4.78 is 46.6. The molecule has 0 spiro atoms. The predicted octanol–water partition coefficient (Wildman–Crippen LogP) is 3.77. The molecule has 2 rings (SSSR count). The normalized spacial score (nSPS) is 10.9. The molecule has 1 amide bonds. The minimum Gasteiger partial charge on any atom is -0.493 e. The summed E-state index contributed by atoms with van der Waals surface area (Å²) in [7, 11) is 1.33. The lowest BCUT2D eigenvalue weighted by Crippen LogP contribution is -2.20. The molecule has 0 heterocycles. The van der Waals surface area contributed by atoms with Crippen molar-refractivity contribution in [2.45, 2.75) is 13.2 Å². The lowest BCUT2D eigenvalue weighted by Gasteiger charge is -2.10. The summed E-state index contributed by atoms with van der Waals surface area (Å²) in [6.45, 7) is -2.69. The van der Waals surface area contributed by atoms with Crippen molar-refractivity contribution in [1.29, 1.82) is 0 Å². The van der Waals surface area contributed by atoms with Gasteiger partial charge < -0.3 is 14.8 Å². The van der Waals surface area contributed by atoms with Crippen LogP contribution >= 0.6 is 0 Å². The number of ether oxygens (including phenoxy) is 2. The van der Waals surface area contributed by atoms with Crippen molar-refractivity contribution < 1.29 is 27.4 Å². The summed E-state index contributed by atoms with van der Waals surface area (Å²) in [5.41, 5.74) is 1.34. The molecule has 0 aliphatic carbocycles. The van der Waals surface area contributed by atoms with Gasteiger partial charge in [0, 0.05) is 12.6 Å². The first-order valence-corrected chi connectivity index (χ1v) is 7.31. The molecular weight excluding hydrogens is 335 g/mol. The number of amides is 1. The quantitative estimate of drug-likeness (QED) is 0.773. The SMILES string of the molecule is COc1cc(/C=C/C(=O)NCc2ccc(F)cc2)ccc1OC(F)F. The highest BCUT2D eigenvalue weighted by Gasteiger charge is 2.10. The number of alkyl halides is 2. The second-order valence-electron chi connectivity index (χ2n) is 4.97. The minimum atomic E-state index is -2.95. The molecule has 2 aromatic carbocycles. The average molecular weight is 351 g/mol. The van der Waals surface area contributed by atoms with Crippen molar-refractivity contribution in [3.8, 4) is 11.5 Å². The lowest BCUT2D eigenvalue weighted by atomic mass is 10.2. The van der Waals surface area contributed by atoms with E-state index in [1.807, 2.05) is 0 Å². The van der Waals surface area contributed by atoms with Crippen LogP contribution in [0.4, 0.5) is 13.2 Å². The fourth-order valence-electron chi connectivity index (χ4n) is 2.00. The molecule has 25 heavy (non-hydrogen) atoms. The molecule has 7 heteroatoms. The Morgan fingerprint density at radius 3 is 2.52 bits per heavy atom. The van der Waals surface area contributed by atoms with Crippen LogP contribution in [0.25, 0.3) is 6.08 Å². The van der Waals surface area contributed by atoms with Gasteiger partial charge in [-0.05, 0) is 41.5 Å². The van der Waals surface area contributed by atoms with E-state index in [2.05, 4.69) is 10.1 Å². The summed E-state index contributed by atoms with van der Waals surface area (Å²) in [4.78, 5) is 11.8. The van der Waals surface area contributed by atoms with Crippen LogP contribution in [0.5, 0.6) is 11.5 Å². The van der Waals surface area contributed by atoms with Crippen LogP contribution in [-0.2, 0) is 11.3 Å². The third-order valence-corrected chi connectivity index (χ3v) is 3.21. The Hall–Kier alpha value is -2.96. The van der Waals surface area contributed by atoms with Gasteiger partial charge in [0.1, 0.15) is 5.82 Å². The van der Waals surface area contributed by atoms with Gasteiger partial charge in [-0.2, -0.15) is 8.78 Å². The molecule has 0 aliphatic rings. The predicted molar refractivity (Wildman–Crippen MR) is 86.9 cm³/mol. The van der Waals surface area contributed by atoms with E-state index < -0.39 is 6.61 Å². The molecule has 0 aromatic heterocycles. The maximum atomic E-state index is 12.8. The number of rotatable bonds is 7. The summed E-state index contributed by atoms with van der Waals surface area (Å²) in [5.74, 6) is -0.649. The zero-order valence-corrected chi connectivity index (χ0v) is 13.3. The van der Waals surface area contributed by atoms with Crippen LogP contribution in [0.15, 0.2) is 48.5 Å². The molecule has 2 aromatic rings. The zero-order valence-electron chi connectivity index (χ0n) is 13.3.